The second kappa shape index (κ2) is 5.06. The third-order valence-corrected chi connectivity index (χ3v) is 0.965. The first kappa shape index (κ1) is 7.92. The van der Waals surface area contributed by atoms with E-state index in [9.17, 15) is 0 Å². The summed E-state index contributed by atoms with van der Waals surface area (Å²) in [5.41, 5.74) is 5.41. The zero-order chi connectivity index (χ0) is 6.41. The van der Waals surface area contributed by atoms with Gasteiger partial charge in [-0.25, -0.2) is 0 Å². The van der Waals surface area contributed by atoms with Crippen molar-refractivity contribution in [3.8, 4) is 0 Å². The van der Waals surface area contributed by atoms with E-state index in [4.69, 9.17) is 10.5 Å². The van der Waals surface area contributed by atoms with Crippen LogP contribution >= 0.6 is 0 Å². The number of ether oxygens (including phenoxy) is 1. The van der Waals surface area contributed by atoms with Crippen molar-refractivity contribution in [3.05, 3.63) is 0 Å². The molecule has 1 heterocycles. The second-order valence-corrected chi connectivity index (χ2v) is 1.62. The molecule has 0 bridgehead atoms. The van der Waals surface area contributed by atoms with E-state index >= 15 is 0 Å². The van der Waals surface area contributed by atoms with Gasteiger partial charge in [0, 0.05) is 14.1 Å². The first-order chi connectivity index (χ1) is 3.89. The molecule has 1 aliphatic rings. The summed E-state index contributed by atoms with van der Waals surface area (Å²) in [6, 6.07) is 0.324. The summed E-state index contributed by atoms with van der Waals surface area (Å²) in [6.45, 7) is 5.63. The molecule has 8 heavy (non-hydrogen) atoms. The summed E-state index contributed by atoms with van der Waals surface area (Å²) in [6.07, 6.45) is 1.04. The quantitative estimate of drug-likeness (QED) is 0.516. The summed E-state index contributed by atoms with van der Waals surface area (Å²) in [5.74, 6) is 0. The van der Waals surface area contributed by atoms with Crippen molar-refractivity contribution in [1.29, 1.82) is 0 Å². The lowest BCUT2D eigenvalue weighted by molar-refractivity contribution is 0.194. The largest absolute Gasteiger partial charge is 0.380 e. The normalized spacial score (nSPS) is 26.6. The Morgan fingerprint density at radius 3 is 2.38 bits per heavy atom. The van der Waals surface area contributed by atoms with Crippen LogP contribution in [0, 0.1) is 0 Å². The van der Waals surface area contributed by atoms with Crippen LogP contribution in [0.4, 0.5) is 0 Å². The molecule has 1 unspecified atom stereocenters. The molecule has 1 rings (SSSR count). The van der Waals surface area contributed by atoms with E-state index in [2.05, 4.69) is 0 Å². The fourth-order valence-electron chi connectivity index (χ4n) is 0.553. The van der Waals surface area contributed by atoms with Crippen LogP contribution in [0.5, 0.6) is 0 Å². The summed E-state index contributed by atoms with van der Waals surface area (Å²) >= 11 is 0. The van der Waals surface area contributed by atoms with Crippen LogP contribution < -0.4 is 5.73 Å². The molecule has 0 aromatic carbocycles. The Bertz CT molecular complexity index is 46.3. The molecule has 2 heteroatoms. The molecule has 0 spiro atoms. The van der Waals surface area contributed by atoms with E-state index in [1.807, 2.05) is 13.8 Å². The maximum atomic E-state index is 5.41. The zero-order valence-electron chi connectivity index (χ0n) is 5.68. The van der Waals surface area contributed by atoms with E-state index in [-0.39, 0.29) is 1.43 Å². The maximum Gasteiger partial charge on any atom is 0.0618 e. The molecule has 0 aromatic rings. The number of rotatable bonds is 0. The third kappa shape index (κ3) is 2.99. The SMILES string of the molecule is CC.NC1CCOC1.[HH]. The molecule has 1 atom stereocenters. The Labute approximate surface area is 52.5 Å². The second-order valence-electron chi connectivity index (χ2n) is 1.62. The highest BCUT2D eigenvalue weighted by Gasteiger charge is 2.07. The van der Waals surface area contributed by atoms with E-state index in [0.29, 0.717) is 6.04 Å². The van der Waals surface area contributed by atoms with E-state index in [1.165, 1.54) is 0 Å². The molecule has 0 aliphatic carbocycles. The third-order valence-electron chi connectivity index (χ3n) is 0.965. The van der Waals surface area contributed by atoms with Crippen molar-refractivity contribution in [2.24, 2.45) is 5.73 Å². The Hall–Kier alpha value is -0.0800. The van der Waals surface area contributed by atoms with Crippen molar-refractivity contribution >= 4 is 0 Å². The molecule has 0 amide bonds. The molecule has 1 fully saturated rings. The molecule has 1 aliphatic heterocycles. The van der Waals surface area contributed by atoms with Crippen LogP contribution in [-0.4, -0.2) is 19.3 Å². The Kier molecular flexibility index (Phi) is 5.01. The predicted octanol–water partition coefficient (Wildman–Crippen LogP) is 1.01. The molecular formula is C6H17NO. The summed E-state index contributed by atoms with van der Waals surface area (Å²) < 4.78 is 4.93. The van der Waals surface area contributed by atoms with E-state index < -0.39 is 0 Å². The summed E-state index contributed by atoms with van der Waals surface area (Å²) in [4.78, 5) is 0. The van der Waals surface area contributed by atoms with Crippen LogP contribution in [0.3, 0.4) is 0 Å². The molecule has 0 aromatic heterocycles. The minimum Gasteiger partial charge on any atom is -0.380 e. The minimum absolute atomic E-state index is 0. The van der Waals surface area contributed by atoms with Gasteiger partial charge in [-0.15, -0.1) is 0 Å². The Morgan fingerprint density at radius 2 is 2.25 bits per heavy atom. The zero-order valence-corrected chi connectivity index (χ0v) is 5.68. The fourth-order valence-corrected chi connectivity index (χ4v) is 0.553. The van der Waals surface area contributed by atoms with Crippen LogP contribution in [-0.2, 0) is 4.74 Å². The maximum absolute atomic E-state index is 5.41. The highest BCUT2D eigenvalue weighted by atomic mass is 16.5. The van der Waals surface area contributed by atoms with Gasteiger partial charge in [0.1, 0.15) is 0 Å². The van der Waals surface area contributed by atoms with Crippen LogP contribution in [0.1, 0.15) is 21.7 Å². The summed E-state index contributed by atoms with van der Waals surface area (Å²) in [5, 5.41) is 0. The van der Waals surface area contributed by atoms with Crippen LogP contribution in [0.15, 0.2) is 0 Å². The van der Waals surface area contributed by atoms with Gasteiger partial charge < -0.3 is 10.5 Å². The molecule has 2 nitrogen and oxygen atoms in total. The molecule has 0 radical (unpaired) electrons. The lowest BCUT2D eigenvalue weighted by Gasteiger charge is -1.90. The Morgan fingerprint density at radius 1 is 1.62 bits per heavy atom. The average molecular weight is 119 g/mol. The summed E-state index contributed by atoms with van der Waals surface area (Å²) in [7, 11) is 0. The minimum atomic E-state index is 0. The Balaban J connectivity index is 0. The van der Waals surface area contributed by atoms with Crippen molar-refractivity contribution < 1.29 is 6.16 Å². The van der Waals surface area contributed by atoms with Gasteiger partial charge in [-0.2, -0.15) is 0 Å². The average Bonchev–Trinajstić information content (AvgIpc) is 2.24. The molecule has 52 valence electrons. The van der Waals surface area contributed by atoms with Gasteiger partial charge in [0.05, 0.1) is 6.61 Å². The molecule has 1 saturated heterocycles. The molecule has 0 saturated carbocycles. The fraction of sp³-hybridized carbons (Fsp3) is 1.00. The van der Waals surface area contributed by atoms with Gasteiger partial charge in [-0.1, -0.05) is 13.8 Å². The molecular weight excluding hydrogens is 102 g/mol. The van der Waals surface area contributed by atoms with Gasteiger partial charge in [-0.05, 0) is 6.42 Å². The monoisotopic (exact) mass is 119 g/mol. The molecule has 2 N–H and O–H groups in total. The number of hydrogen-bond donors (Lipinski definition) is 1. The van der Waals surface area contributed by atoms with Gasteiger partial charge >= 0.3 is 0 Å². The van der Waals surface area contributed by atoms with Crippen LogP contribution in [0.2, 0.25) is 0 Å². The lowest BCUT2D eigenvalue weighted by Crippen LogP contribution is -2.18. The number of nitrogens with two attached hydrogens (primary N) is 1. The van der Waals surface area contributed by atoms with Crippen molar-refractivity contribution in [2.45, 2.75) is 26.3 Å². The predicted molar refractivity (Wildman–Crippen MR) is 36.9 cm³/mol. The van der Waals surface area contributed by atoms with Crippen molar-refractivity contribution in [2.75, 3.05) is 13.2 Å². The first-order valence-corrected chi connectivity index (χ1v) is 3.23. The van der Waals surface area contributed by atoms with E-state index in [0.717, 1.165) is 19.6 Å². The van der Waals surface area contributed by atoms with Gasteiger partial charge in [0.15, 0.2) is 0 Å². The van der Waals surface area contributed by atoms with Crippen molar-refractivity contribution in [3.63, 3.8) is 0 Å². The standard InChI is InChI=1S/C4H9NO.C2H6.H2/c5-4-1-2-6-3-4;1-2;/h4H,1-3,5H2;1-2H3;1H. The van der Waals surface area contributed by atoms with Crippen molar-refractivity contribution in [1.82, 2.24) is 0 Å². The smallest absolute Gasteiger partial charge is 0.0618 e. The van der Waals surface area contributed by atoms with Gasteiger partial charge in [-0.3, -0.25) is 0 Å². The van der Waals surface area contributed by atoms with Gasteiger partial charge in [0.2, 0.25) is 0 Å². The van der Waals surface area contributed by atoms with Crippen LogP contribution in [0.25, 0.3) is 0 Å². The highest BCUT2D eigenvalue weighted by molar-refractivity contribution is 4.64. The number of hydrogen-bond acceptors (Lipinski definition) is 2. The first-order valence-electron chi connectivity index (χ1n) is 3.23. The van der Waals surface area contributed by atoms with E-state index in [1.54, 1.807) is 0 Å². The van der Waals surface area contributed by atoms with Gasteiger partial charge in [0.25, 0.3) is 0 Å². The lowest BCUT2D eigenvalue weighted by atomic mass is 10.3. The topological polar surface area (TPSA) is 35.2 Å². The highest BCUT2D eigenvalue weighted by Crippen LogP contribution is 1.98.